The normalized spacial score (nSPS) is 11.2. The summed E-state index contributed by atoms with van der Waals surface area (Å²) >= 11 is 5.74. The maximum atomic E-state index is 11.6. The highest BCUT2D eigenvalue weighted by Gasteiger charge is 2.24. The van der Waals surface area contributed by atoms with Gasteiger partial charge in [0.2, 0.25) is 0 Å². The number of halogens is 1. The van der Waals surface area contributed by atoms with Crippen LogP contribution in [0.25, 0.3) is 0 Å². The minimum Gasteiger partial charge on any atom is -0.426 e. The summed E-state index contributed by atoms with van der Waals surface area (Å²) in [4.78, 5) is 11.6. The van der Waals surface area contributed by atoms with Crippen molar-refractivity contribution in [3.63, 3.8) is 0 Å². The molecule has 0 amide bonds. The van der Waals surface area contributed by atoms with Crippen LogP contribution in [0.2, 0.25) is 0 Å². The molecule has 0 N–H and O–H groups in total. The second-order valence-corrected chi connectivity index (χ2v) is 4.65. The third-order valence-corrected chi connectivity index (χ3v) is 2.22. The van der Waals surface area contributed by atoms with Crippen LogP contribution in [-0.2, 0) is 10.7 Å². The molecular weight excluding hydrogens is 212 g/mol. The number of hydrogen-bond acceptors (Lipinski definition) is 2. The number of benzene rings is 1. The Morgan fingerprint density at radius 1 is 1.33 bits per heavy atom. The van der Waals surface area contributed by atoms with E-state index >= 15 is 0 Å². The molecule has 0 aromatic heterocycles. The van der Waals surface area contributed by atoms with Crippen molar-refractivity contribution in [3.05, 3.63) is 29.8 Å². The maximum absolute atomic E-state index is 11.6. The second kappa shape index (κ2) is 4.67. The van der Waals surface area contributed by atoms with E-state index in [4.69, 9.17) is 16.3 Å². The molecule has 0 spiro atoms. The number of esters is 1. The van der Waals surface area contributed by atoms with Gasteiger partial charge in [-0.1, -0.05) is 18.2 Å². The van der Waals surface area contributed by atoms with Crippen LogP contribution < -0.4 is 4.74 Å². The number of para-hydroxylation sites is 1. The van der Waals surface area contributed by atoms with Gasteiger partial charge in [0, 0.05) is 5.56 Å². The molecule has 0 aliphatic carbocycles. The summed E-state index contributed by atoms with van der Waals surface area (Å²) in [7, 11) is 0. The molecule has 0 radical (unpaired) electrons. The van der Waals surface area contributed by atoms with E-state index in [-0.39, 0.29) is 5.97 Å². The number of hydrogen-bond donors (Lipinski definition) is 0. The molecule has 0 saturated heterocycles. The molecule has 0 unspecified atom stereocenters. The summed E-state index contributed by atoms with van der Waals surface area (Å²) in [6.07, 6.45) is 0. The van der Waals surface area contributed by atoms with Crippen LogP contribution in [0.1, 0.15) is 26.3 Å². The number of rotatable bonds is 2. The zero-order valence-corrected chi connectivity index (χ0v) is 9.97. The monoisotopic (exact) mass is 226 g/mol. The van der Waals surface area contributed by atoms with Crippen LogP contribution in [0, 0.1) is 5.41 Å². The highest BCUT2D eigenvalue weighted by Crippen LogP contribution is 2.23. The van der Waals surface area contributed by atoms with Crippen LogP contribution in [0.4, 0.5) is 0 Å². The largest absolute Gasteiger partial charge is 0.426 e. The average molecular weight is 227 g/mol. The van der Waals surface area contributed by atoms with Crippen molar-refractivity contribution in [2.45, 2.75) is 26.7 Å². The molecule has 1 rings (SSSR count). The molecule has 82 valence electrons. The molecule has 0 atom stereocenters. The van der Waals surface area contributed by atoms with Gasteiger partial charge in [0.05, 0.1) is 11.3 Å². The predicted octanol–water partition coefficient (Wildman–Crippen LogP) is 3.38. The third-order valence-electron chi connectivity index (χ3n) is 1.93. The van der Waals surface area contributed by atoms with Crippen molar-refractivity contribution in [2.24, 2.45) is 5.41 Å². The van der Waals surface area contributed by atoms with Gasteiger partial charge in [-0.25, -0.2) is 0 Å². The van der Waals surface area contributed by atoms with Gasteiger partial charge in [-0.2, -0.15) is 0 Å². The van der Waals surface area contributed by atoms with Gasteiger partial charge in [-0.15, -0.1) is 11.6 Å². The van der Waals surface area contributed by atoms with E-state index in [1.165, 1.54) is 0 Å². The third kappa shape index (κ3) is 3.24. The fourth-order valence-electron chi connectivity index (χ4n) is 0.967. The molecule has 0 bridgehead atoms. The molecule has 0 aliphatic rings. The van der Waals surface area contributed by atoms with Gasteiger partial charge in [-0.3, -0.25) is 4.79 Å². The molecule has 0 saturated carbocycles. The SMILES string of the molecule is CC(C)(C)C(=O)Oc1ccccc1CCl. The van der Waals surface area contributed by atoms with E-state index in [2.05, 4.69) is 0 Å². The van der Waals surface area contributed by atoms with Gasteiger partial charge in [0.1, 0.15) is 5.75 Å². The van der Waals surface area contributed by atoms with Crippen molar-refractivity contribution < 1.29 is 9.53 Å². The van der Waals surface area contributed by atoms with E-state index in [0.29, 0.717) is 11.6 Å². The maximum Gasteiger partial charge on any atom is 0.316 e. The van der Waals surface area contributed by atoms with Gasteiger partial charge in [-0.05, 0) is 26.8 Å². The summed E-state index contributed by atoms with van der Waals surface area (Å²) in [5.41, 5.74) is 0.330. The Morgan fingerprint density at radius 2 is 1.93 bits per heavy atom. The van der Waals surface area contributed by atoms with E-state index in [1.807, 2.05) is 39.0 Å². The quantitative estimate of drug-likeness (QED) is 0.439. The summed E-state index contributed by atoms with van der Waals surface area (Å²) in [5.74, 6) is 0.639. The summed E-state index contributed by atoms with van der Waals surface area (Å²) in [6, 6.07) is 7.28. The molecule has 1 aromatic rings. The zero-order chi connectivity index (χ0) is 11.5. The summed E-state index contributed by atoms with van der Waals surface area (Å²) in [5, 5.41) is 0. The zero-order valence-electron chi connectivity index (χ0n) is 9.21. The molecule has 2 nitrogen and oxygen atoms in total. The fraction of sp³-hybridized carbons (Fsp3) is 0.417. The second-order valence-electron chi connectivity index (χ2n) is 4.38. The highest BCUT2D eigenvalue weighted by molar-refractivity contribution is 6.17. The van der Waals surface area contributed by atoms with Crippen molar-refractivity contribution in [1.29, 1.82) is 0 Å². The first-order chi connectivity index (χ1) is 6.95. The Morgan fingerprint density at radius 3 is 2.47 bits per heavy atom. The lowest BCUT2D eigenvalue weighted by molar-refractivity contribution is -0.143. The van der Waals surface area contributed by atoms with Crippen molar-refractivity contribution >= 4 is 17.6 Å². The lowest BCUT2D eigenvalue weighted by Gasteiger charge is -2.17. The molecule has 3 heteroatoms. The van der Waals surface area contributed by atoms with Crippen molar-refractivity contribution in [1.82, 2.24) is 0 Å². The first-order valence-electron chi connectivity index (χ1n) is 4.81. The summed E-state index contributed by atoms with van der Waals surface area (Å²) in [6.45, 7) is 5.45. The molecule has 0 fully saturated rings. The van der Waals surface area contributed by atoms with E-state index in [9.17, 15) is 4.79 Å². The van der Waals surface area contributed by atoms with Gasteiger partial charge >= 0.3 is 5.97 Å². The fourth-order valence-corrected chi connectivity index (χ4v) is 1.19. The standard InChI is InChI=1S/C12H15ClO2/c1-12(2,3)11(14)15-10-7-5-4-6-9(10)8-13/h4-7H,8H2,1-3H3. The van der Waals surface area contributed by atoms with Crippen LogP contribution in [0.15, 0.2) is 24.3 Å². The van der Waals surface area contributed by atoms with E-state index in [1.54, 1.807) is 6.07 Å². The van der Waals surface area contributed by atoms with Crippen LogP contribution in [-0.4, -0.2) is 5.97 Å². The van der Waals surface area contributed by atoms with Crippen LogP contribution in [0.5, 0.6) is 5.75 Å². The van der Waals surface area contributed by atoms with Gasteiger partial charge in [0.25, 0.3) is 0 Å². The minimum atomic E-state index is -0.501. The number of carbonyl (C=O) groups is 1. The van der Waals surface area contributed by atoms with Gasteiger partial charge in [0.15, 0.2) is 0 Å². The Balaban J connectivity index is 2.85. The first kappa shape index (κ1) is 12.1. The minimum absolute atomic E-state index is 0.250. The Bertz CT molecular complexity index is 353. The van der Waals surface area contributed by atoms with E-state index in [0.717, 1.165) is 5.56 Å². The molecule has 15 heavy (non-hydrogen) atoms. The van der Waals surface area contributed by atoms with Crippen LogP contribution in [0.3, 0.4) is 0 Å². The lowest BCUT2D eigenvalue weighted by atomic mass is 9.97. The molecule has 1 aromatic carbocycles. The first-order valence-corrected chi connectivity index (χ1v) is 5.35. The molecular formula is C12H15ClO2. The predicted molar refractivity (Wildman–Crippen MR) is 61.1 cm³/mol. The van der Waals surface area contributed by atoms with Crippen LogP contribution >= 0.6 is 11.6 Å². The van der Waals surface area contributed by atoms with Gasteiger partial charge < -0.3 is 4.74 Å². The topological polar surface area (TPSA) is 26.3 Å². The van der Waals surface area contributed by atoms with E-state index < -0.39 is 5.41 Å². The number of ether oxygens (including phenoxy) is 1. The number of alkyl halides is 1. The Hall–Kier alpha value is -1.02. The average Bonchev–Trinajstić information content (AvgIpc) is 2.17. The Kier molecular flexibility index (Phi) is 3.75. The van der Waals surface area contributed by atoms with Crippen molar-refractivity contribution in [2.75, 3.05) is 0 Å². The number of carbonyl (C=O) groups excluding carboxylic acids is 1. The van der Waals surface area contributed by atoms with Crippen molar-refractivity contribution in [3.8, 4) is 5.75 Å². The molecule has 0 aliphatic heterocycles. The smallest absolute Gasteiger partial charge is 0.316 e. The Labute approximate surface area is 95.2 Å². The molecule has 0 heterocycles. The highest BCUT2D eigenvalue weighted by atomic mass is 35.5. The lowest BCUT2D eigenvalue weighted by Crippen LogP contribution is -2.25. The summed E-state index contributed by atoms with van der Waals surface area (Å²) < 4.78 is 5.28.